The van der Waals surface area contributed by atoms with Crippen LogP contribution in [0.4, 0.5) is 5.69 Å². The van der Waals surface area contributed by atoms with Crippen LogP contribution in [0.2, 0.25) is 0 Å². The molecule has 90 heavy (non-hydrogen) atoms. The number of carbonyl (C=O) groups is 13. The van der Waals surface area contributed by atoms with Crippen LogP contribution in [-0.2, 0) is 68.7 Å². The minimum absolute atomic E-state index is 0.0501. The molecule has 0 aliphatic carbocycles. The number of benzene rings is 1. The van der Waals surface area contributed by atoms with Crippen molar-refractivity contribution in [3.63, 3.8) is 0 Å². The Kier molecular flexibility index (Phi) is 28.6. The van der Waals surface area contributed by atoms with Gasteiger partial charge in [0, 0.05) is 50.7 Å². The summed E-state index contributed by atoms with van der Waals surface area (Å²) < 4.78 is 11.5. The Labute approximate surface area is 528 Å². The van der Waals surface area contributed by atoms with Gasteiger partial charge in [-0.15, -0.1) is 24.2 Å². The number of nitrogens with one attached hydrogen (secondary N) is 7. The Balaban J connectivity index is 2.03. The Morgan fingerprint density at radius 1 is 0.811 bits per heavy atom. The standard InChI is InChI=1S/C61H86N12O16S/c1-18-33(6)51(69-60(87)61(13,14)70(15)16)57(83)71(17)44(32(4)5)30-46(88-39(12)74)56-68-43(31-90-56)55(82)66-41(27-34(7)58(84)85)28-40-21-22-45-42(29-40)67-54(81)37(10)64-52(79)35(8)62-47(75)23-25-72(49(77)19-2)73(50(78)20-3)26-24-48(76)63-36(9)53(80)65-38(11)59(86)89-45/h2-3,21-22,29,31-38,41,44,46,51H,18,23-28,30H2,1,4-17H3,(H,62,75)(H,63,76)(H,64,79)(H,65,80)(H,66,82)(H,67,81)(H,69,87)(H,84,85)/t33-,34?,35?,36?,37?,38?,41+,44+,46+,51-/m0/s1. The fraction of sp³-hybridized carbons (Fsp3) is 0.574. The lowest BCUT2D eigenvalue weighted by atomic mass is 9.92. The highest BCUT2D eigenvalue weighted by Gasteiger charge is 2.39. The zero-order valence-corrected chi connectivity index (χ0v) is 54.5. The molecule has 1 aromatic carbocycles. The summed E-state index contributed by atoms with van der Waals surface area (Å²) in [5.74, 6) is -8.91. The van der Waals surface area contributed by atoms with Gasteiger partial charge in [-0.3, -0.25) is 62.4 Å². The number of hydrogen-bond acceptors (Lipinski definition) is 18. The third-order valence-electron chi connectivity index (χ3n) is 15.4. The number of hydrogen-bond donors (Lipinski definition) is 8. The molecule has 8 N–H and O–H groups in total. The van der Waals surface area contributed by atoms with E-state index in [0.29, 0.717) is 22.0 Å². The quantitative estimate of drug-likeness (QED) is 0.0560. The molecule has 0 saturated heterocycles. The van der Waals surface area contributed by atoms with Gasteiger partial charge in [-0.2, -0.15) is 0 Å². The van der Waals surface area contributed by atoms with Crippen LogP contribution in [0.5, 0.6) is 5.75 Å². The van der Waals surface area contributed by atoms with E-state index in [1.807, 2.05) is 39.5 Å². The number of amides is 10. The van der Waals surface area contributed by atoms with Crippen LogP contribution >= 0.6 is 11.3 Å². The van der Waals surface area contributed by atoms with E-state index in [0.717, 1.165) is 11.3 Å². The van der Waals surface area contributed by atoms with Crippen molar-refractivity contribution >= 4 is 94.0 Å². The summed E-state index contributed by atoms with van der Waals surface area (Å²) in [7, 11) is 5.14. The molecule has 492 valence electrons. The van der Waals surface area contributed by atoms with E-state index in [-0.39, 0.29) is 65.1 Å². The molecule has 0 saturated carbocycles. The molecular formula is C61H86N12O16S. The monoisotopic (exact) mass is 1270 g/mol. The van der Waals surface area contributed by atoms with Crippen molar-refractivity contribution < 1.29 is 76.9 Å². The molecule has 5 unspecified atom stereocenters. The maximum atomic E-state index is 14.4. The van der Waals surface area contributed by atoms with E-state index in [9.17, 15) is 67.4 Å². The number of hydrazine groups is 1. The first-order valence-electron chi connectivity index (χ1n) is 29.3. The third-order valence-corrected chi connectivity index (χ3v) is 16.3. The molecule has 1 aliphatic rings. The Bertz CT molecular complexity index is 3100. The molecule has 0 bridgehead atoms. The Hall–Kier alpha value is -8.96. The van der Waals surface area contributed by atoms with Gasteiger partial charge in [0.2, 0.25) is 41.4 Å². The molecule has 10 amide bonds. The number of carbonyl (C=O) groups excluding carboxylic acids is 12. The molecule has 0 fully saturated rings. The fourth-order valence-corrected chi connectivity index (χ4v) is 9.84. The highest BCUT2D eigenvalue weighted by Crippen LogP contribution is 2.32. The lowest BCUT2D eigenvalue weighted by Crippen LogP contribution is -2.60. The molecule has 0 radical (unpaired) electrons. The third kappa shape index (κ3) is 21.7. The SMILES string of the molecule is C#CC(=O)N1CCC(=O)NC(C)C(=O)NC(C)C(=O)Nc2cc(C[C@@H](CC(C)C(=O)O)NC(=O)c3csc([C@@H](C[C@H](C(C)C)N(C)C(=O)[C@@H](NC(=O)C(C)(C)N(C)C)[C@@H](C)CC)OC(C)=O)n3)ccc2OC(=O)C(C)NC(=O)C(C)NC(=O)CCN1C(=O)C#C. The maximum absolute atomic E-state index is 14.4. The Morgan fingerprint density at radius 2 is 1.34 bits per heavy atom. The zero-order chi connectivity index (χ0) is 68.2. The maximum Gasteiger partial charge on any atom is 0.333 e. The molecule has 1 aromatic heterocycles. The zero-order valence-electron chi connectivity index (χ0n) is 53.7. The van der Waals surface area contributed by atoms with E-state index >= 15 is 0 Å². The second kappa shape index (κ2) is 34.1. The number of carboxylic acid groups (broad SMARTS) is 1. The number of terminal acetylenes is 2. The van der Waals surface area contributed by atoms with Crippen LogP contribution in [0, 0.1) is 42.4 Å². The first-order valence-corrected chi connectivity index (χ1v) is 30.2. The molecule has 29 heteroatoms. The average Bonchev–Trinajstić information content (AvgIpc) is 1.45. The number of ether oxygens (including phenoxy) is 2. The van der Waals surface area contributed by atoms with Crippen LogP contribution in [0.25, 0.3) is 0 Å². The molecule has 0 spiro atoms. The van der Waals surface area contributed by atoms with Crippen molar-refractivity contribution in [2.24, 2.45) is 17.8 Å². The molecule has 1 aliphatic heterocycles. The summed E-state index contributed by atoms with van der Waals surface area (Å²) in [6.07, 6.45) is 8.92. The van der Waals surface area contributed by atoms with E-state index in [2.05, 4.69) is 42.2 Å². The topological polar surface area (TPSA) is 371 Å². The van der Waals surface area contributed by atoms with Crippen molar-refractivity contribution in [2.45, 2.75) is 176 Å². The molecule has 28 nitrogen and oxygen atoms in total. The normalized spacial score (nSPS) is 19.7. The summed E-state index contributed by atoms with van der Waals surface area (Å²) in [4.78, 5) is 181. The van der Waals surface area contributed by atoms with E-state index in [1.165, 1.54) is 70.0 Å². The van der Waals surface area contributed by atoms with E-state index in [4.69, 9.17) is 22.3 Å². The van der Waals surface area contributed by atoms with Crippen molar-refractivity contribution in [1.82, 2.24) is 56.7 Å². The second-order valence-corrected chi connectivity index (χ2v) is 24.1. The number of aromatic nitrogens is 1. The number of fused-ring (bicyclic) bond motifs is 1. The fourth-order valence-electron chi connectivity index (χ4n) is 9.00. The van der Waals surface area contributed by atoms with Gasteiger partial charge in [0.05, 0.1) is 30.2 Å². The number of thiazole rings is 1. The number of likely N-dealkylation sites (N-methyl/N-ethyl adjacent to an activating group) is 2. The van der Waals surface area contributed by atoms with Gasteiger partial charge in [0.25, 0.3) is 5.91 Å². The average molecular weight is 1280 g/mol. The summed E-state index contributed by atoms with van der Waals surface area (Å²) in [5, 5.41) is 31.2. The second-order valence-electron chi connectivity index (χ2n) is 23.2. The van der Waals surface area contributed by atoms with E-state index in [1.54, 1.807) is 39.9 Å². The van der Waals surface area contributed by atoms with Gasteiger partial charge in [0.1, 0.15) is 40.9 Å². The number of carboxylic acids is 1. The van der Waals surface area contributed by atoms with Crippen LogP contribution in [-0.4, -0.2) is 189 Å². The van der Waals surface area contributed by atoms with Crippen molar-refractivity contribution in [3.05, 3.63) is 39.8 Å². The number of anilines is 1. The van der Waals surface area contributed by atoms with Gasteiger partial charge in [-0.25, -0.2) is 19.8 Å². The predicted molar refractivity (Wildman–Crippen MR) is 330 cm³/mol. The molecule has 2 heterocycles. The van der Waals surface area contributed by atoms with Gasteiger partial charge in [-0.05, 0) is 110 Å². The van der Waals surface area contributed by atoms with Crippen LogP contribution < -0.4 is 42.0 Å². The summed E-state index contributed by atoms with van der Waals surface area (Å²) in [6.45, 7) is 17.8. The van der Waals surface area contributed by atoms with E-state index < -0.39 is 151 Å². The smallest absolute Gasteiger partial charge is 0.333 e. The van der Waals surface area contributed by atoms with Gasteiger partial charge in [-0.1, -0.05) is 47.1 Å². The number of rotatable bonds is 19. The first kappa shape index (κ1) is 75.3. The number of aliphatic carboxylic acids is 1. The predicted octanol–water partition coefficient (Wildman–Crippen LogP) is 1.44. The summed E-state index contributed by atoms with van der Waals surface area (Å²) in [5.41, 5.74) is -0.876. The minimum Gasteiger partial charge on any atom is -0.481 e. The van der Waals surface area contributed by atoms with Crippen LogP contribution in [0.15, 0.2) is 23.6 Å². The Morgan fingerprint density at radius 3 is 1.83 bits per heavy atom. The largest absolute Gasteiger partial charge is 0.481 e. The minimum atomic E-state index is -1.41. The van der Waals surface area contributed by atoms with Crippen molar-refractivity contribution in [1.29, 1.82) is 0 Å². The molecule has 10 atom stereocenters. The van der Waals surface area contributed by atoms with Crippen molar-refractivity contribution in [2.75, 3.05) is 39.5 Å². The molecule has 3 rings (SSSR count). The first-order chi connectivity index (χ1) is 42.0. The summed E-state index contributed by atoms with van der Waals surface area (Å²) >= 11 is 1.01. The number of nitrogens with zero attached hydrogens (tertiary/aromatic N) is 5. The lowest BCUT2D eigenvalue weighted by molar-refractivity contribution is -0.157. The van der Waals surface area contributed by atoms with Gasteiger partial charge in [0.15, 0.2) is 11.9 Å². The lowest BCUT2D eigenvalue weighted by Gasteiger charge is -2.38. The van der Waals surface area contributed by atoms with Gasteiger partial charge >= 0.3 is 29.7 Å². The van der Waals surface area contributed by atoms with Crippen LogP contribution in [0.1, 0.15) is 142 Å². The van der Waals surface area contributed by atoms with Crippen LogP contribution in [0.3, 0.4) is 0 Å². The highest BCUT2D eigenvalue weighted by atomic mass is 32.1. The van der Waals surface area contributed by atoms with Gasteiger partial charge < -0.3 is 56.7 Å². The highest BCUT2D eigenvalue weighted by molar-refractivity contribution is 7.09. The molecular weight excluding hydrogens is 1190 g/mol. The number of esters is 2. The van der Waals surface area contributed by atoms with Crippen molar-refractivity contribution in [3.8, 4) is 30.4 Å². The summed E-state index contributed by atoms with van der Waals surface area (Å²) in [6, 6.07) is -3.66. The molecule has 2 aromatic rings.